The van der Waals surface area contributed by atoms with Gasteiger partial charge in [-0.2, -0.15) is 0 Å². The van der Waals surface area contributed by atoms with Gasteiger partial charge in [-0.1, -0.05) is 47.5 Å². The molecule has 0 amide bonds. The van der Waals surface area contributed by atoms with Crippen LogP contribution < -0.4 is 0 Å². The van der Waals surface area contributed by atoms with Crippen molar-refractivity contribution in [2.24, 2.45) is 29.1 Å². The van der Waals surface area contributed by atoms with E-state index in [0.717, 1.165) is 51.4 Å². The molecule has 0 saturated heterocycles. The van der Waals surface area contributed by atoms with Crippen LogP contribution in [-0.2, 0) is 14.3 Å². The number of carboxylic acid groups (broad SMARTS) is 1. The van der Waals surface area contributed by atoms with E-state index in [1.165, 1.54) is 0 Å². The van der Waals surface area contributed by atoms with Crippen molar-refractivity contribution < 1.29 is 19.4 Å². The smallest absolute Gasteiger partial charge is 0.310 e. The fourth-order valence-electron chi connectivity index (χ4n) is 5.58. The van der Waals surface area contributed by atoms with E-state index in [0.29, 0.717) is 0 Å². The van der Waals surface area contributed by atoms with Crippen LogP contribution in [0, 0.1) is 29.1 Å². The number of fused-ring (bicyclic) bond motifs is 2. The largest absolute Gasteiger partial charge is 0.481 e. The number of hydrogen-bond acceptors (Lipinski definition) is 3. The molecular formula is C21H36O4. The molecule has 2 bridgehead atoms. The van der Waals surface area contributed by atoms with E-state index in [-0.39, 0.29) is 23.2 Å². The van der Waals surface area contributed by atoms with Gasteiger partial charge in [-0.05, 0) is 55.8 Å². The molecule has 0 radical (unpaired) electrons. The van der Waals surface area contributed by atoms with Gasteiger partial charge in [0.15, 0.2) is 0 Å². The topological polar surface area (TPSA) is 63.6 Å². The van der Waals surface area contributed by atoms with Gasteiger partial charge in [-0.15, -0.1) is 0 Å². The molecule has 0 aromatic carbocycles. The van der Waals surface area contributed by atoms with Crippen molar-refractivity contribution in [2.75, 3.05) is 0 Å². The van der Waals surface area contributed by atoms with Gasteiger partial charge in [0.25, 0.3) is 0 Å². The Morgan fingerprint density at radius 2 is 1.60 bits per heavy atom. The highest BCUT2D eigenvalue weighted by atomic mass is 16.6. The van der Waals surface area contributed by atoms with Crippen molar-refractivity contribution in [1.29, 1.82) is 0 Å². The second-order valence-corrected chi connectivity index (χ2v) is 8.77. The van der Waals surface area contributed by atoms with Gasteiger partial charge in [0.2, 0.25) is 0 Å². The van der Waals surface area contributed by atoms with E-state index < -0.39 is 23.4 Å². The number of carbonyl (C=O) groups excluding carboxylic acids is 1. The number of carbonyl (C=O) groups is 2. The predicted molar refractivity (Wildman–Crippen MR) is 98.2 cm³/mol. The molecule has 2 fully saturated rings. The van der Waals surface area contributed by atoms with Crippen molar-refractivity contribution in [1.82, 2.24) is 0 Å². The van der Waals surface area contributed by atoms with E-state index in [2.05, 4.69) is 34.6 Å². The molecule has 2 saturated carbocycles. The van der Waals surface area contributed by atoms with E-state index >= 15 is 0 Å². The normalized spacial score (nSPS) is 30.4. The maximum absolute atomic E-state index is 13.1. The zero-order valence-electron chi connectivity index (χ0n) is 16.6. The number of hydrogen-bond donors (Lipinski definition) is 1. The number of esters is 1. The lowest BCUT2D eigenvalue weighted by molar-refractivity contribution is -0.175. The van der Waals surface area contributed by atoms with E-state index in [4.69, 9.17) is 4.74 Å². The molecule has 2 rings (SSSR count). The first-order chi connectivity index (χ1) is 11.7. The Balaban J connectivity index is 2.18. The van der Waals surface area contributed by atoms with Gasteiger partial charge in [0.1, 0.15) is 5.60 Å². The molecule has 0 aliphatic heterocycles. The third-order valence-corrected chi connectivity index (χ3v) is 7.35. The summed E-state index contributed by atoms with van der Waals surface area (Å²) >= 11 is 0. The molecule has 2 aliphatic rings. The molecular weight excluding hydrogens is 316 g/mol. The molecule has 4 unspecified atom stereocenters. The van der Waals surface area contributed by atoms with Crippen molar-refractivity contribution in [3.05, 3.63) is 0 Å². The average molecular weight is 353 g/mol. The van der Waals surface area contributed by atoms with Gasteiger partial charge < -0.3 is 9.84 Å². The fourth-order valence-corrected chi connectivity index (χ4v) is 5.58. The number of carboxylic acids is 1. The number of rotatable bonds is 9. The first-order valence-electron chi connectivity index (χ1n) is 10.2. The standard InChI is InChI=1S/C21H36O4/c1-6-9-10-13-21(7-2,8-3)25-19(24)17-15-12-11-14(20(15,4)5)16(17)18(22)23/h14-17H,6-13H2,1-5H3,(H,22,23). The average Bonchev–Trinajstić information content (AvgIpc) is 2.99. The lowest BCUT2D eigenvalue weighted by atomic mass is 9.79. The second-order valence-electron chi connectivity index (χ2n) is 8.77. The maximum Gasteiger partial charge on any atom is 0.310 e. The second kappa shape index (κ2) is 7.67. The van der Waals surface area contributed by atoms with Crippen LogP contribution in [-0.4, -0.2) is 22.6 Å². The highest BCUT2D eigenvalue weighted by Gasteiger charge is 2.64. The SMILES string of the molecule is CCCCCC(CC)(CC)OC(=O)C1C(C(=O)O)C2CCC1C2(C)C. The van der Waals surface area contributed by atoms with Crippen LogP contribution in [0.3, 0.4) is 0 Å². The van der Waals surface area contributed by atoms with Gasteiger partial charge >= 0.3 is 11.9 Å². The Bertz CT molecular complexity index is 492. The Labute approximate surface area is 152 Å². The quantitative estimate of drug-likeness (QED) is 0.466. The molecule has 144 valence electrons. The number of aliphatic carboxylic acids is 1. The molecule has 0 heterocycles. The minimum Gasteiger partial charge on any atom is -0.481 e. The fraction of sp³-hybridized carbons (Fsp3) is 0.905. The highest BCUT2D eigenvalue weighted by Crippen LogP contribution is 2.63. The van der Waals surface area contributed by atoms with Gasteiger partial charge in [-0.3, -0.25) is 9.59 Å². The lowest BCUT2D eigenvalue weighted by Crippen LogP contribution is -2.41. The summed E-state index contributed by atoms with van der Waals surface area (Å²) in [4.78, 5) is 25.0. The molecule has 0 aromatic heterocycles. The maximum atomic E-state index is 13.1. The van der Waals surface area contributed by atoms with Gasteiger partial charge in [0.05, 0.1) is 11.8 Å². The van der Waals surface area contributed by atoms with Gasteiger partial charge in [-0.25, -0.2) is 0 Å². The van der Waals surface area contributed by atoms with Crippen LogP contribution in [0.4, 0.5) is 0 Å². The lowest BCUT2D eigenvalue weighted by Gasteiger charge is -2.35. The Morgan fingerprint density at radius 1 is 1.04 bits per heavy atom. The van der Waals surface area contributed by atoms with Crippen LogP contribution >= 0.6 is 0 Å². The van der Waals surface area contributed by atoms with Crippen molar-refractivity contribution in [3.8, 4) is 0 Å². The molecule has 0 spiro atoms. The van der Waals surface area contributed by atoms with Crippen LogP contribution in [0.2, 0.25) is 0 Å². The summed E-state index contributed by atoms with van der Waals surface area (Å²) in [5.74, 6) is -1.92. The summed E-state index contributed by atoms with van der Waals surface area (Å²) in [6.07, 6.45) is 7.65. The first-order valence-corrected chi connectivity index (χ1v) is 10.2. The third-order valence-electron chi connectivity index (χ3n) is 7.35. The van der Waals surface area contributed by atoms with E-state index in [1.54, 1.807) is 0 Å². The Hall–Kier alpha value is -1.06. The monoisotopic (exact) mass is 352 g/mol. The Kier molecular flexibility index (Phi) is 6.22. The minimum atomic E-state index is -0.827. The molecule has 25 heavy (non-hydrogen) atoms. The summed E-state index contributed by atoms with van der Waals surface area (Å²) in [5, 5.41) is 9.77. The molecule has 4 nitrogen and oxygen atoms in total. The highest BCUT2D eigenvalue weighted by molar-refractivity contribution is 5.83. The van der Waals surface area contributed by atoms with Crippen molar-refractivity contribution in [3.63, 3.8) is 0 Å². The van der Waals surface area contributed by atoms with E-state index in [1.807, 2.05) is 0 Å². The van der Waals surface area contributed by atoms with Crippen LogP contribution in [0.5, 0.6) is 0 Å². The first kappa shape index (κ1) is 20.3. The summed E-state index contributed by atoms with van der Waals surface area (Å²) in [6, 6.07) is 0. The molecule has 2 aliphatic carbocycles. The summed E-state index contributed by atoms with van der Waals surface area (Å²) < 4.78 is 6.09. The molecule has 4 atom stereocenters. The van der Waals surface area contributed by atoms with E-state index in [9.17, 15) is 14.7 Å². The summed E-state index contributed by atoms with van der Waals surface area (Å²) in [7, 11) is 0. The zero-order valence-corrected chi connectivity index (χ0v) is 16.6. The molecule has 4 heteroatoms. The Morgan fingerprint density at radius 3 is 2.08 bits per heavy atom. The minimum absolute atomic E-state index is 0.0873. The summed E-state index contributed by atoms with van der Waals surface area (Å²) in [5.41, 5.74) is -0.517. The third kappa shape index (κ3) is 3.59. The number of ether oxygens (including phenoxy) is 1. The number of unbranched alkanes of at least 4 members (excludes halogenated alkanes) is 2. The van der Waals surface area contributed by atoms with Crippen LogP contribution in [0.1, 0.15) is 86.0 Å². The molecule has 1 N–H and O–H groups in total. The van der Waals surface area contributed by atoms with Crippen LogP contribution in [0.25, 0.3) is 0 Å². The predicted octanol–water partition coefficient (Wildman–Crippen LogP) is 5.05. The summed E-state index contributed by atoms with van der Waals surface area (Å²) in [6.45, 7) is 10.6. The molecule has 0 aromatic rings. The van der Waals surface area contributed by atoms with Crippen molar-refractivity contribution >= 4 is 11.9 Å². The van der Waals surface area contributed by atoms with Crippen LogP contribution in [0.15, 0.2) is 0 Å². The zero-order chi connectivity index (χ0) is 18.8. The van der Waals surface area contributed by atoms with Gasteiger partial charge in [0, 0.05) is 0 Å². The van der Waals surface area contributed by atoms with Crippen molar-refractivity contribution in [2.45, 2.75) is 91.6 Å².